The van der Waals surface area contributed by atoms with E-state index in [9.17, 15) is 0 Å². The smallest absolute Gasteiger partial charge is 0.191 e. The molecule has 1 unspecified atom stereocenters. The molecule has 2 fully saturated rings. The first-order valence-corrected chi connectivity index (χ1v) is 10.2. The lowest BCUT2D eigenvalue weighted by Gasteiger charge is -2.26. The lowest BCUT2D eigenvalue weighted by atomic mass is 10.2. The van der Waals surface area contributed by atoms with Gasteiger partial charge in [0.05, 0.1) is 25.9 Å². The second-order valence-electron chi connectivity index (χ2n) is 6.93. The van der Waals surface area contributed by atoms with Crippen molar-refractivity contribution in [3.8, 4) is 0 Å². The molecule has 0 radical (unpaired) electrons. The average molecular weight is 507 g/mol. The number of hydrogen-bond donors (Lipinski definition) is 2. The van der Waals surface area contributed by atoms with Crippen LogP contribution in [0, 0.1) is 0 Å². The summed E-state index contributed by atoms with van der Waals surface area (Å²) >= 11 is 0. The Hall–Kier alpha value is -0.980. The average Bonchev–Trinajstić information content (AvgIpc) is 3.38. The quantitative estimate of drug-likeness (QED) is 0.286. The Labute approximate surface area is 184 Å². The highest BCUT2D eigenvalue weighted by atomic mass is 127. The first-order valence-electron chi connectivity index (χ1n) is 10.2. The lowest BCUT2D eigenvalue weighted by molar-refractivity contribution is 0.0389. The molecule has 160 valence electrons. The van der Waals surface area contributed by atoms with Crippen molar-refractivity contribution in [1.29, 1.82) is 0 Å². The maximum absolute atomic E-state index is 5.69. The van der Waals surface area contributed by atoms with Crippen LogP contribution in [0.25, 0.3) is 0 Å². The number of halogens is 1. The monoisotopic (exact) mass is 507 g/mol. The fourth-order valence-electron chi connectivity index (χ4n) is 3.35. The molecule has 9 nitrogen and oxygen atoms in total. The molecule has 0 spiro atoms. The molecular formula is C18H34IN7O2. The second kappa shape index (κ2) is 13.3. The number of ether oxygens (including phenoxy) is 2. The van der Waals surface area contributed by atoms with Crippen LogP contribution in [0.2, 0.25) is 0 Å². The third-order valence-electron chi connectivity index (χ3n) is 4.96. The molecule has 0 aromatic carbocycles. The molecule has 1 aromatic heterocycles. The van der Waals surface area contributed by atoms with Gasteiger partial charge in [-0.25, -0.2) is 0 Å². The van der Waals surface area contributed by atoms with Crippen molar-refractivity contribution in [2.75, 3.05) is 59.1 Å². The number of nitrogens with zero attached hydrogens (tertiary/aromatic N) is 5. The molecule has 1 aromatic rings. The molecule has 2 saturated heterocycles. The summed E-state index contributed by atoms with van der Waals surface area (Å²) in [6, 6.07) is 0. The summed E-state index contributed by atoms with van der Waals surface area (Å²) in [5, 5.41) is 15.0. The van der Waals surface area contributed by atoms with Crippen molar-refractivity contribution in [3.05, 3.63) is 12.2 Å². The molecule has 2 aliphatic rings. The van der Waals surface area contributed by atoms with Gasteiger partial charge in [-0.2, -0.15) is 0 Å². The lowest BCUT2D eigenvalue weighted by Crippen LogP contribution is -2.45. The second-order valence-corrected chi connectivity index (χ2v) is 6.93. The Kier molecular flexibility index (Phi) is 11.1. The molecule has 2 N–H and O–H groups in total. The number of hydrogen-bond acceptors (Lipinski definition) is 6. The number of aromatic nitrogens is 3. The Morgan fingerprint density at radius 1 is 1.21 bits per heavy atom. The summed E-state index contributed by atoms with van der Waals surface area (Å²) in [6.07, 6.45) is 5.17. The van der Waals surface area contributed by atoms with Gasteiger partial charge in [0.25, 0.3) is 0 Å². The van der Waals surface area contributed by atoms with Crippen LogP contribution in [0.5, 0.6) is 0 Å². The van der Waals surface area contributed by atoms with E-state index in [2.05, 4.69) is 37.2 Å². The largest absolute Gasteiger partial charge is 0.379 e. The summed E-state index contributed by atoms with van der Waals surface area (Å²) in [6.45, 7) is 10.8. The molecule has 0 bridgehead atoms. The van der Waals surface area contributed by atoms with E-state index in [-0.39, 0.29) is 30.1 Å². The van der Waals surface area contributed by atoms with Crippen LogP contribution in [0.1, 0.15) is 25.6 Å². The van der Waals surface area contributed by atoms with Crippen molar-refractivity contribution >= 4 is 29.9 Å². The third-order valence-corrected chi connectivity index (χ3v) is 4.96. The Balaban J connectivity index is 0.00000280. The zero-order valence-corrected chi connectivity index (χ0v) is 19.1. The number of rotatable bonds is 9. The molecule has 0 amide bonds. The molecule has 2 aliphatic heterocycles. The maximum atomic E-state index is 5.69. The van der Waals surface area contributed by atoms with Gasteiger partial charge in [0.2, 0.25) is 0 Å². The summed E-state index contributed by atoms with van der Waals surface area (Å²) < 4.78 is 13.2. The fraction of sp³-hybridized carbons (Fsp3) is 0.833. The maximum Gasteiger partial charge on any atom is 0.191 e. The van der Waals surface area contributed by atoms with E-state index in [1.165, 1.54) is 0 Å². The van der Waals surface area contributed by atoms with E-state index in [1.807, 2.05) is 0 Å². The Bertz CT molecular complexity index is 572. The van der Waals surface area contributed by atoms with Gasteiger partial charge in [-0.1, -0.05) is 6.92 Å². The number of guanidine groups is 1. The minimum Gasteiger partial charge on any atom is -0.379 e. The number of aliphatic imine (C=N–C) groups is 1. The van der Waals surface area contributed by atoms with E-state index in [0.29, 0.717) is 6.54 Å². The van der Waals surface area contributed by atoms with Gasteiger partial charge in [-0.15, -0.1) is 34.2 Å². The molecule has 3 rings (SSSR count). The number of nitrogens with one attached hydrogen (secondary N) is 2. The molecule has 10 heteroatoms. The molecular weight excluding hydrogens is 473 g/mol. The summed E-state index contributed by atoms with van der Waals surface area (Å²) in [4.78, 5) is 7.15. The highest BCUT2D eigenvalue weighted by molar-refractivity contribution is 14.0. The molecule has 0 aliphatic carbocycles. The van der Waals surface area contributed by atoms with E-state index >= 15 is 0 Å². The van der Waals surface area contributed by atoms with Gasteiger partial charge in [-0.3, -0.25) is 9.89 Å². The van der Waals surface area contributed by atoms with Crippen molar-refractivity contribution in [1.82, 2.24) is 30.3 Å². The van der Waals surface area contributed by atoms with Crippen molar-refractivity contribution < 1.29 is 9.47 Å². The SMILES string of the molecule is CCc1nncn1CCNC(=NCC1CCCO1)NCCN1CCOCC1.I. The van der Waals surface area contributed by atoms with Crippen LogP contribution in [-0.2, 0) is 22.4 Å². The molecule has 3 heterocycles. The van der Waals surface area contributed by atoms with Gasteiger partial charge in [0.1, 0.15) is 12.2 Å². The van der Waals surface area contributed by atoms with Crippen LogP contribution in [-0.4, -0.2) is 90.8 Å². The Morgan fingerprint density at radius 3 is 2.71 bits per heavy atom. The molecule has 28 heavy (non-hydrogen) atoms. The van der Waals surface area contributed by atoms with Gasteiger partial charge >= 0.3 is 0 Å². The predicted octanol–water partition coefficient (Wildman–Crippen LogP) is 0.505. The minimum absolute atomic E-state index is 0. The third kappa shape index (κ3) is 7.80. The summed E-state index contributed by atoms with van der Waals surface area (Å²) in [5.41, 5.74) is 0. The van der Waals surface area contributed by atoms with Crippen molar-refractivity contribution in [3.63, 3.8) is 0 Å². The van der Waals surface area contributed by atoms with E-state index in [1.54, 1.807) is 6.33 Å². The van der Waals surface area contributed by atoms with Crippen LogP contribution in [0.3, 0.4) is 0 Å². The van der Waals surface area contributed by atoms with Gasteiger partial charge in [0, 0.05) is 52.3 Å². The Morgan fingerprint density at radius 2 is 2.00 bits per heavy atom. The van der Waals surface area contributed by atoms with Crippen LogP contribution >= 0.6 is 24.0 Å². The van der Waals surface area contributed by atoms with E-state index in [4.69, 9.17) is 14.5 Å². The van der Waals surface area contributed by atoms with E-state index in [0.717, 1.165) is 90.1 Å². The normalized spacial score (nSPS) is 20.8. The highest BCUT2D eigenvalue weighted by Crippen LogP contribution is 2.11. The van der Waals surface area contributed by atoms with Crippen LogP contribution in [0.4, 0.5) is 0 Å². The van der Waals surface area contributed by atoms with Gasteiger partial charge < -0.3 is 24.7 Å². The van der Waals surface area contributed by atoms with Gasteiger partial charge in [-0.05, 0) is 12.8 Å². The standard InChI is InChI=1S/C18H33N7O2.HI/c1-2-17-23-22-15-25(17)8-6-20-18(21-14-16-4-3-11-27-16)19-5-7-24-9-12-26-13-10-24;/h15-16H,2-14H2,1H3,(H2,19,20,21);1H. The fourth-order valence-corrected chi connectivity index (χ4v) is 3.35. The zero-order chi connectivity index (χ0) is 18.7. The first-order chi connectivity index (χ1) is 13.3. The summed E-state index contributed by atoms with van der Waals surface area (Å²) in [5.74, 6) is 1.86. The zero-order valence-electron chi connectivity index (χ0n) is 16.8. The number of aryl methyl sites for hydroxylation is 1. The molecule has 1 atom stereocenters. The highest BCUT2D eigenvalue weighted by Gasteiger charge is 2.15. The van der Waals surface area contributed by atoms with Crippen LogP contribution in [0.15, 0.2) is 11.3 Å². The van der Waals surface area contributed by atoms with Crippen LogP contribution < -0.4 is 10.6 Å². The van der Waals surface area contributed by atoms with Gasteiger partial charge in [0.15, 0.2) is 5.96 Å². The molecule has 0 saturated carbocycles. The topological polar surface area (TPSA) is 88.8 Å². The predicted molar refractivity (Wildman–Crippen MR) is 119 cm³/mol. The minimum atomic E-state index is 0. The summed E-state index contributed by atoms with van der Waals surface area (Å²) in [7, 11) is 0. The van der Waals surface area contributed by atoms with E-state index < -0.39 is 0 Å². The van der Waals surface area contributed by atoms with Crippen molar-refractivity contribution in [2.45, 2.75) is 38.8 Å². The van der Waals surface area contributed by atoms with Crippen molar-refractivity contribution in [2.24, 2.45) is 4.99 Å². The number of morpholine rings is 1. The first kappa shape index (κ1) is 23.3.